The normalized spacial score (nSPS) is 10.0. The van der Waals surface area contributed by atoms with Gasteiger partial charge >= 0.3 is 0 Å². The minimum Gasteiger partial charge on any atom is -0.337 e. The average molecular weight is 215 g/mol. The van der Waals surface area contributed by atoms with Gasteiger partial charge in [-0.05, 0) is 18.4 Å². The molecule has 4 heteroatoms. The van der Waals surface area contributed by atoms with E-state index in [0.717, 1.165) is 6.54 Å². The lowest BCUT2D eigenvalue weighted by atomic mass is 10.4. The number of nitrogens with zero attached hydrogens (tertiary/aromatic N) is 1. The Morgan fingerprint density at radius 2 is 2.46 bits per heavy atom. The number of rotatable bonds is 4. The molecule has 0 saturated carbocycles. The summed E-state index contributed by atoms with van der Waals surface area (Å²) in [6.07, 6.45) is 0. The highest BCUT2D eigenvalue weighted by atomic mass is 32.1. The van der Waals surface area contributed by atoms with E-state index in [2.05, 4.69) is 12.6 Å². The van der Waals surface area contributed by atoms with Crippen LogP contribution in [0.4, 0.5) is 0 Å². The topological polar surface area (TPSA) is 20.3 Å². The van der Waals surface area contributed by atoms with Crippen LogP contribution >= 0.6 is 24.0 Å². The Morgan fingerprint density at radius 1 is 1.69 bits per heavy atom. The van der Waals surface area contributed by atoms with Crippen molar-refractivity contribution in [3.8, 4) is 0 Å². The minimum absolute atomic E-state index is 0.0965. The van der Waals surface area contributed by atoms with E-state index < -0.39 is 0 Å². The molecule has 72 valence electrons. The van der Waals surface area contributed by atoms with Crippen molar-refractivity contribution in [1.29, 1.82) is 0 Å². The number of hydrogen-bond acceptors (Lipinski definition) is 3. The van der Waals surface area contributed by atoms with Crippen molar-refractivity contribution in [2.24, 2.45) is 0 Å². The van der Waals surface area contributed by atoms with Crippen molar-refractivity contribution in [1.82, 2.24) is 4.90 Å². The molecule has 0 atom stereocenters. The molecule has 0 spiro atoms. The van der Waals surface area contributed by atoms with Crippen molar-refractivity contribution in [2.45, 2.75) is 13.5 Å². The van der Waals surface area contributed by atoms with Crippen LogP contribution in [0.2, 0.25) is 0 Å². The first-order valence-electron chi connectivity index (χ1n) is 4.19. The molecule has 1 rings (SSSR count). The summed E-state index contributed by atoms with van der Waals surface area (Å²) in [7, 11) is 0. The van der Waals surface area contributed by atoms with Gasteiger partial charge in [0, 0.05) is 11.4 Å². The van der Waals surface area contributed by atoms with Crippen LogP contribution in [-0.4, -0.2) is 23.1 Å². The fraction of sp³-hybridized carbons (Fsp3) is 0.444. The molecule has 0 aliphatic heterocycles. The van der Waals surface area contributed by atoms with Crippen LogP contribution in [0.15, 0.2) is 17.5 Å². The number of thiophene rings is 1. The van der Waals surface area contributed by atoms with Crippen LogP contribution in [0.25, 0.3) is 0 Å². The van der Waals surface area contributed by atoms with Crippen LogP contribution < -0.4 is 0 Å². The van der Waals surface area contributed by atoms with Gasteiger partial charge in [-0.25, -0.2) is 0 Å². The molecule has 1 amide bonds. The Morgan fingerprint density at radius 3 is 2.92 bits per heavy atom. The largest absolute Gasteiger partial charge is 0.337 e. The van der Waals surface area contributed by atoms with Crippen molar-refractivity contribution < 1.29 is 4.79 Å². The lowest BCUT2D eigenvalue weighted by Gasteiger charge is -2.18. The molecule has 0 aliphatic carbocycles. The summed E-state index contributed by atoms with van der Waals surface area (Å²) in [4.78, 5) is 14.3. The van der Waals surface area contributed by atoms with E-state index in [-0.39, 0.29) is 5.91 Å². The summed E-state index contributed by atoms with van der Waals surface area (Å²) in [5.41, 5.74) is 0. The Kier molecular flexibility index (Phi) is 4.32. The fourth-order valence-electron chi connectivity index (χ4n) is 1.07. The molecule has 0 aliphatic rings. The van der Waals surface area contributed by atoms with Crippen molar-refractivity contribution in [3.05, 3.63) is 22.4 Å². The summed E-state index contributed by atoms with van der Waals surface area (Å²) >= 11 is 5.65. The predicted octanol–water partition coefficient (Wildman–Crippen LogP) is 2.03. The number of carbonyl (C=O) groups excluding carboxylic acids is 1. The molecule has 1 aromatic heterocycles. The highest BCUT2D eigenvalue weighted by Crippen LogP contribution is 2.11. The number of carbonyl (C=O) groups is 1. The Bertz CT molecular complexity index is 259. The van der Waals surface area contributed by atoms with Gasteiger partial charge in [-0.1, -0.05) is 6.07 Å². The maximum atomic E-state index is 11.3. The summed E-state index contributed by atoms with van der Waals surface area (Å²) in [5, 5.41) is 2.02. The summed E-state index contributed by atoms with van der Waals surface area (Å²) in [6, 6.07) is 4.04. The minimum atomic E-state index is 0.0965. The number of hydrogen-bond donors (Lipinski definition) is 1. The summed E-state index contributed by atoms with van der Waals surface area (Å²) in [5.74, 6) is 0.387. The first-order chi connectivity index (χ1) is 6.27. The van der Waals surface area contributed by atoms with E-state index in [4.69, 9.17) is 0 Å². The zero-order valence-corrected chi connectivity index (χ0v) is 9.28. The van der Waals surface area contributed by atoms with Gasteiger partial charge in [0.25, 0.3) is 0 Å². The zero-order valence-electron chi connectivity index (χ0n) is 7.56. The lowest BCUT2D eigenvalue weighted by molar-refractivity contribution is -0.128. The second-order valence-corrected chi connectivity index (χ2v) is 3.99. The molecule has 0 saturated heterocycles. The second-order valence-electron chi connectivity index (χ2n) is 2.65. The maximum Gasteiger partial charge on any atom is 0.232 e. The first-order valence-corrected chi connectivity index (χ1v) is 5.70. The van der Waals surface area contributed by atoms with E-state index in [1.807, 2.05) is 24.4 Å². The highest BCUT2D eigenvalue weighted by molar-refractivity contribution is 7.81. The Balaban J connectivity index is 2.54. The fourth-order valence-corrected chi connectivity index (χ4v) is 1.99. The van der Waals surface area contributed by atoms with E-state index >= 15 is 0 Å². The number of amides is 1. The molecule has 0 N–H and O–H groups in total. The molecule has 0 bridgehead atoms. The molecule has 0 aromatic carbocycles. The average Bonchev–Trinajstić information content (AvgIpc) is 2.65. The Labute approximate surface area is 88.0 Å². The zero-order chi connectivity index (χ0) is 9.68. The molecule has 0 unspecified atom stereocenters. The van der Waals surface area contributed by atoms with Gasteiger partial charge in [0.15, 0.2) is 0 Å². The number of thiol groups is 1. The molecular formula is C9H13NOS2. The van der Waals surface area contributed by atoms with Crippen LogP contribution in [0, 0.1) is 0 Å². The molecular weight excluding hydrogens is 202 g/mol. The van der Waals surface area contributed by atoms with Crippen molar-refractivity contribution in [2.75, 3.05) is 12.3 Å². The SMILES string of the molecule is CCN(Cc1cccs1)C(=O)CS. The standard InChI is InChI=1S/C9H13NOS2/c1-2-10(9(11)7-12)6-8-4-3-5-13-8/h3-5,12H,2,6-7H2,1H3. The third kappa shape index (κ3) is 3.04. The van der Waals surface area contributed by atoms with Gasteiger partial charge < -0.3 is 4.90 Å². The quantitative estimate of drug-likeness (QED) is 0.762. The summed E-state index contributed by atoms with van der Waals surface area (Å²) in [6.45, 7) is 3.44. The third-order valence-corrected chi connectivity index (χ3v) is 2.93. The van der Waals surface area contributed by atoms with Crippen LogP contribution in [0.3, 0.4) is 0 Å². The molecule has 0 fully saturated rings. The van der Waals surface area contributed by atoms with Gasteiger partial charge in [-0.2, -0.15) is 12.6 Å². The van der Waals surface area contributed by atoms with E-state index in [9.17, 15) is 4.79 Å². The highest BCUT2D eigenvalue weighted by Gasteiger charge is 2.09. The first kappa shape index (κ1) is 10.6. The summed E-state index contributed by atoms with van der Waals surface area (Å²) < 4.78 is 0. The second kappa shape index (κ2) is 5.29. The molecule has 0 radical (unpaired) electrons. The van der Waals surface area contributed by atoms with Crippen LogP contribution in [-0.2, 0) is 11.3 Å². The Hall–Kier alpha value is -0.480. The molecule has 1 heterocycles. The smallest absolute Gasteiger partial charge is 0.232 e. The van der Waals surface area contributed by atoms with Crippen molar-refractivity contribution in [3.63, 3.8) is 0 Å². The van der Waals surface area contributed by atoms with E-state index in [1.54, 1.807) is 16.2 Å². The van der Waals surface area contributed by atoms with Gasteiger partial charge in [0.05, 0.1) is 12.3 Å². The molecule has 2 nitrogen and oxygen atoms in total. The van der Waals surface area contributed by atoms with E-state index in [1.165, 1.54) is 4.88 Å². The van der Waals surface area contributed by atoms with Crippen LogP contribution in [0.1, 0.15) is 11.8 Å². The van der Waals surface area contributed by atoms with Gasteiger partial charge in [0.2, 0.25) is 5.91 Å². The van der Waals surface area contributed by atoms with Gasteiger partial charge in [0.1, 0.15) is 0 Å². The lowest BCUT2D eigenvalue weighted by Crippen LogP contribution is -2.30. The molecule has 1 aromatic rings. The predicted molar refractivity (Wildman–Crippen MR) is 59.3 cm³/mol. The van der Waals surface area contributed by atoms with Crippen molar-refractivity contribution >= 4 is 29.9 Å². The van der Waals surface area contributed by atoms with E-state index in [0.29, 0.717) is 12.3 Å². The monoisotopic (exact) mass is 215 g/mol. The molecule has 13 heavy (non-hydrogen) atoms. The maximum absolute atomic E-state index is 11.3. The third-order valence-electron chi connectivity index (χ3n) is 1.80. The van der Waals surface area contributed by atoms with Gasteiger partial charge in [-0.3, -0.25) is 4.79 Å². The van der Waals surface area contributed by atoms with Crippen LogP contribution in [0.5, 0.6) is 0 Å². The van der Waals surface area contributed by atoms with Gasteiger partial charge in [-0.15, -0.1) is 11.3 Å².